The molecule has 1 fully saturated rings. The van der Waals surface area contributed by atoms with Crippen LogP contribution in [0.2, 0.25) is 0 Å². The van der Waals surface area contributed by atoms with Crippen molar-refractivity contribution in [2.45, 2.75) is 52.7 Å². The van der Waals surface area contributed by atoms with Crippen molar-refractivity contribution >= 4 is 35.1 Å². The number of aryl methyl sites for hydroxylation is 1. The van der Waals surface area contributed by atoms with E-state index < -0.39 is 17.6 Å². The van der Waals surface area contributed by atoms with Gasteiger partial charge in [-0.15, -0.1) is 0 Å². The number of rotatable bonds is 11. The maximum Gasteiger partial charge on any atom is 0.412 e. The molecule has 0 bridgehead atoms. The lowest BCUT2D eigenvalue weighted by atomic mass is 10.2. The van der Waals surface area contributed by atoms with Crippen LogP contribution in [0.4, 0.5) is 26.7 Å². The molecule has 4 amide bonds. The molecule has 3 N–H and O–H groups in total. The molecule has 45 heavy (non-hydrogen) atoms. The molecule has 2 aromatic carbocycles. The first kappa shape index (κ1) is 33.4. The standard InChI is InChI=1S/C34H44N6O5/c1-25-10-9-11-27(22-25)36-32(42)40(17-8-7-16-39-18-20-44-21-19-39)24-26-14-15-30(35-23-26)31(41)37-28-12-5-6-13-29(28)38-33(43)45-34(2,3)4/h5-6,9-15,22-23H,7-8,16-21,24H2,1-4H3,(H,36,42)(H,37,41)(H,38,43). The number of para-hydroxylation sites is 2. The van der Waals surface area contributed by atoms with Gasteiger partial charge in [-0.25, -0.2) is 9.59 Å². The number of unbranched alkanes of at least 4 members (excludes halogenated alkanes) is 1. The molecular formula is C34H44N6O5. The zero-order chi connectivity index (χ0) is 32.2. The van der Waals surface area contributed by atoms with Crippen molar-refractivity contribution in [3.63, 3.8) is 0 Å². The van der Waals surface area contributed by atoms with Gasteiger partial charge in [0.05, 0.1) is 24.6 Å². The van der Waals surface area contributed by atoms with Crippen molar-refractivity contribution in [1.82, 2.24) is 14.8 Å². The Morgan fingerprint density at radius 2 is 1.67 bits per heavy atom. The van der Waals surface area contributed by atoms with Crippen molar-refractivity contribution in [3.05, 3.63) is 83.7 Å². The van der Waals surface area contributed by atoms with E-state index >= 15 is 0 Å². The molecule has 11 nitrogen and oxygen atoms in total. The van der Waals surface area contributed by atoms with E-state index in [2.05, 4.69) is 25.8 Å². The fraction of sp³-hybridized carbons (Fsp3) is 0.412. The number of amides is 4. The zero-order valence-corrected chi connectivity index (χ0v) is 26.6. The monoisotopic (exact) mass is 616 g/mol. The SMILES string of the molecule is Cc1cccc(NC(=O)N(CCCCN2CCOCC2)Cc2ccc(C(=O)Nc3ccccc3NC(=O)OC(C)(C)C)nc2)c1. The number of nitrogens with zero attached hydrogens (tertiary/aromatic N) is 3. The molecule has 1 aliphatic rings. The molecule has 0 radical (unpaired) electrons. The predicted octanol–water partition coefficient (Wildman–Crippen LogP) is 6.14. The number of anilines is 3. The summed E-state index contributed by atoms with van der Waals surface area (Å²) in [4.78, 5) is 47.2. The van der Waals surface area contributed by atoms with Crippen LogP contribution in [-0.4, -0.2) is 77.8 Å². The molecule has 1 aliphatic heterocycles. The second-order valence-electron chi connectivity index (χ2n) is 12.1. The summed E-state index contributed by atoms with van der Waals surface area (Å²) in [6.07, 6.45) is 2.81. The maximum atomic E-state index is 13.4. The van der Waals surface area contributed by atoms with Gasteiger partial charge in [0.15, 0.2) is 0 Å². The van der Waals surface area contributed by atoms with Gasteiger partial charge in [0.2, 0.25) is 0 Å². The third-order valence-electron chi connectivity index (χ3n) is 7.05. The first-order chi connectivity index (χ1) is 21.6. The molecule has 0 unspecified atom stereocenters. The molecule has 0 spiro atoms. The summed E-state index contributed by atoms with van der Waals surface area (Å²) in [5, 5.41) is 8.50. The lowest BCUT2D eigenvalue weighted by Gasteiger charge is -2.27. The highest BCUT2D eigenvalue weighted by molar-refractivity contribution is 6.05. The summed E-state index contributed by atoms with van der Waals surface area (Å²) in [5.74, 6) is -0.433. The van der Waals surface area contributed by atoms with Gasteiger partial charge in [0, 0.05) is 38.1 Å². The number of carbonyl (C=O) groups excluding carboxylic acids is 3. The Bertz CT molecular complexity index is 1430. The third kappa shape index (κ3) is 11.2. The Labute approximate surface area is 265 Å². The van der Waals surface area contributed by atoms with Crippen LogP contribution in [0.3, 0.4) is 0 Å². The average molecular weight is 617 g/mol. The van der Waals surface area contributed by atoms with Crippen LogP contribution in [-0.2, 0) is 16.0 Å². The summed E-state index contributed by atoms with van der Waals surface area (Å²) < 4.78 is 10.8. The number of nitrogens with one attached hydrogen (secondary N) is 3. The average Bonchev–Trinajstić information content (AvgIpc) is 2.99. The summed E-state index contributed by atoms with van der Waals surface area (Å²) in [6, 6.07) is 17.8. The Kier molecular flexibility index (Phi) is 11.9. The van der Waals surface area contributed by atoms with Crippen molar-refractivity contribution in [2.75, 3.05) is 55.3 Å². The highest BCUT2D eigenvalue weighted by atomic mass is 16.6. The quantitative estimate of drug-likeness (QED) is 0.221. The largest absolute Gasteiger partial charge is 0.444 e. The molecule has 3 aromatic rings. The Morgan fingerprint density at radius 1 is 0.933 bits per heavy atom. The first-order valence-corrected chi connectivity index (χ1v) is 15.3. The minimum Gasteiger partial charge on any atom is -0.444 e. The molecule has 11 heteroatoms. The van der Waals surface area contributed by atoms with E-state index in [1.807, 2.05) is 31.2 Å². The van der Waals surface area contributed by atoms with Crippen molar-refractivity contribution in [3.8, 4) is 0 Å². The number of hydrogen-bond donors (Lipinski definition) is 3. The second kappa shape index (κ2) is 16.0. The smallest absolute Gasteiger partial charge is 0.412 e. The number of aromatic nitrogens is 1. The predicted molar refractivity (Wildman–Crippen MR) is 176 cm³/mol. The first-order valence-electron chi connectivity index (χ1n) is 15.3. The van der Waals surface area contributed by atoms with Gasteiger partial charge in [0.25, 0.3) is 5.91 Å². The van der Waals surface area contributed by atoms with E-state index in [0.717, 1.165) is 62.5 Å². The van der Waals surface area contributed by atoms with Gasteiger partial charge >= 0.3 is 12.1 Å². The number of benzene rings is 2. The molecule has 2 heterocycles. The van der Waals surface area contributed by atoms with E-state index in [1.165, 1.54) is 0 Å². The molecule has 4 rings (SSSR count). The van der Waals surface area contributed by atoms with Gasteiger partial charge in [-0.1, -0.05) is 30.3 Å². The number of carbonyl (C=O) groups is 3. The fourth-order valence-corrected chi connectivity index (χ4v) is 4.81. The van der Waals surface area contributed by atoms with E-state index in [0.29, 0.717) is 24.5 Å². The zero-order valence-electron chi connectivity index (χ0n) is 26.6. The van der Waals surface area contributed by atoms with Gasteiger partial charge in [-0.3, -0.25) is 20.0 Å². The van der Waals surface area contributed by atoms with Crippen LogP contribution in [0.1, 0.15) is 55.2 Å². The van der Waals surface area contributed by atoms with Gasteiger partial charge in [-0.05, 0) is 88.5 Å². The second-order valence-corrected chi connectivity index (χ2v) is 12.1. The molecule has 1 saturated heterocycles. The van der Waals surface area contributed by atoms with Crippen LogP contribution in [0.25, 0.3) is 0 Å². The maximum absolute atomic E-state index is 13.4. The van der Waals surface area contributed by atoms with Gasteiger partial charge < -0.3 is 25.0 Å². The van der Waals surface area contributed by atoms with Crippen LogP contribution in [0.15, 0.2) is 66.9 Å². The van der Waals surface area contributed by atoms with Crippen molar-refractivity contribution < 1.29 is 23.9 Å². The Morgan fingerprint density at radius 3 is 2.33 bits per heavy atom. The summed E-state index contributed by atoms with van der Waals surface area (Å²) >= 11 is 0. The van der Waals surface area contributed by atoms with E-state index in [4.69, 9.17) is 9.47 Å². The van der Waals surface area contributed by atoms with Crippen molar-refractivity contribution in [1.29, 1.82) is 0 Å². The molecule has 0 saturated carbocycles. The lowest BCUT2D eigenvalue weighted by Crippen LogP contribution is -2.38. The van der Waals surface area contributed by atoms with Gasteiger partial charge in [0.1, 0.15) is 11.3 Å². The topological polar surface area (TPSA) is 125 Å². The fourth-order valence-electron chi connectivity index (χ4n) is 4.81. The summed E-state index contributed by atoms with van der Waals surface area (Å²) in [5.41, 5.74) is 2.96. The number of hydrogen-bond acceptors (Lipinski definition) is 7. The third-order valence-corrected chi connectivity index (χ3v) is 7.05. The minimum absolute atomic E-state index is 0.192. The molecule has 0 atom stereocenters. The number of morpholine rings is 1. The minimum atomic E-state index is -0.659. The molecule has 240 valence electrons. The lowest BCUT2D eigenvalue weighted by molar-refractivity contribution is 0.0370. The van der Waals surface area contributed by atoms with Crippen LogP contribution in [0.5, 0.6) is 0 Å². The summed E-state index contributed by atoms with van der Waals surface area (Å²) in [7, 11) is 0. The molecule has 1 aromatic heterocycles. The van der Waals surface area contributed by atoms with Crippen LogP contribution in [0, 0.1) is 6.92 Å². The molecule has 0 aliphatic carbocycles. The van der Waals surface area contributed by atoms with E-state index in [1.54, 1.807) is 68.3 Å². The van der Waals surface area contributed by atoms with Crippen LogP contribution >= 0.6 is 0 Å². The number of pyridine rings is 1. The highest BCUT2D eigenvalue weighted by Gasteiger charge is 2.19. The Hall–Kier alpha value is -4.48. The van der Waals surface area contributed by atoms with Crippen LogP contribution < -0.4 is 16.0 Å². The van der Waals surface area contributed by atoms with E-state index in [-0.39, 0.29) is 11.7 Å². The summed E-state index contributed by atoms with van der Waals surface area (Å²) in [6.45, 7) is 12.6. The van der Waals surface area contributed by atoms with E-state index in [9.17, 15) is 14.4 Å². The highest BCUT2D eigenvalue weighted by Crippen LogP contribution is 2.23. The normalized spacial score (nSPS) is 13.5. The van der Waals surface area contributed by atoms with Crippen molar-refractivity contribution in [2.24, 2.45) is 0 Å². The Balaban J connectivity index is 1.38. The molecular weight excluding hydrogens is 572 g/mol. The number of ether oxygens (including phenoxy) is 2. The van der Waals surface area contributed by atoms with Gasteiger partial charge in [-0.2, -0.15) is 0 Å². The number of urea groups is 1.